The number of carbonyl (C=O) groups is 6. The summed E-state index contributed by atoms with van der Waals surface area (Å²) in [6.07, 6.45) is -4.46. The third-order valence-electron chi connectivity index (χ3n) is 7.79. The van der Waals surface area contributed by atoms with Crippen molar-refractivity contribution >= 4 is 187 Å². The fraction of sp³-hybridized carbons (Fsp3) is 0.417. The molecule has 0 spiro atoms. The number of aromatic nitrogens is 3. The van der Waals surface area contributed by atoms with E-state index in [0.29, 0.717) is 69.2 Å². The molecule has 3 rings (SSSR count). The molecule has 89 heavy (non-hydrogen) atoms. The van der Waals surface area contributed by atoms with E-state index in [0.717, 1.165) is 17.1 Å². The minimum Gasteiger partial charge on any atom is -0.550 e. The first-order chi connectivity index (χ1) is 39.3. The summed E-state index contributed by atoms with van der Waals surface area (Å²) in [5, 5.41) is 99.1. The first kappa shape index (κ1) is 92.2. The van der Waals surface area contributed by atoms with Crippen molar-refractivity contribution in [1.82, 2.24) is 15.0 Å². The van der Waals surface area contributed by atoms with E-state index >= 15 is 0 Å². The van der Waals surface area contributed by atoms with Gasteiger partial charge in [-0.3, -0.25) is 0 Å². The van der Waals surface area contributed by atoms with Crippen molar-refractivity contribution in [3.05, 3.63) is 33.2 Å². The second kappa shape index (κ2) is 45.7. The maximum atomic E-state index is 10.6. The van der Waals surface area contributed by atoms with Gasteiger partial charge in [-0.2, -0.15) is 75.5 Å². The van der Waals surface area contributed by atoms with E-state index in [4.69, 9.17) is 77.2 Å². The molecule has 0 aliphatic heterocycles. The van der Waals surface area contributed by atoms with Gasteiger partial charge in [0.15, 0.2) is 17.9 Å². The summed E-state index contributed by atoms with van der Waals surface area (Å²) in [6, 6.07) is 0. The molecule has 0 atom stereocenters. The molecule has 0 aliphatic rings. The summed E-state index contributed by atoms with van der Waals surface area (Å²) >= 11 is 8.59. The van der Waals surface area contributed by atoms with Crippen LogP contribution in [0.5, 0.6) is 0 Å². The van der Waals surface area contributed by atoms with Gasteiger partial charge >= 0.3 is 89.1 Å². The van der Waals surface area contributed by atoms with E-state index in [9.17, 15) is 84.7 Å². The molecule has 0 fully saturated rings. The number of rotatable bonds is 31. The van der Waals surface area contributed by atoms with Gasteiger partial charge in [-0.25, -0.2) is 30.4 Å². The number of nitrogens with zero attached hydrogens (tertiary/aromatic N) is 9. The van der Waals surface area contributed by atoms with E-state index in [2.05, 4.69) is 43.1 Å². The van der Waals surface area contributed by atoms with Crippen LogP contribution in [0.2, 0.25) is 0 Å². The number of carbonyl (C=O) groups excluding carboxylic acids is 6. The number of aliphatic hydroxyl groups is 2. The number of aliphatic carboxylic acids is 6. The number of carboxylic acid groups (broad SMARTS) is 6. The molecule has 0 radical (unpaired) electrons. The Morgan fingerprint density at radius 1 is 0.438 bits per heavy atom. The van der Waals surface area contributed by atoms with Crippen LogP contribution in [-0.4, -0.2) is 150 Å². The number of hydrogen-bond acceptors (Lipinski definition) is 32. The van der Waals surface area contributed by atoms with E-state index in [-0.39, 0.29) is 93.8 Å². The van der Waals surface area contributed by atoms with E-state index in [1.807, 2.05) is 16.1 Å². The van der Waals surface area contributed by atoms with E-state index in [1.165, 1.54) is 69.3 Å². The Balaban J connectivity index is -0.000000332. The summed E-state index contributed by atoms with van der Waals surface area (Å²) in [7, 11) is -11.7. The van der Waals surface area contributed by atoms with Crippen LogP contribution in [0, 0.1) is 0 Å². The third kappa shape index (κ3) is 51.9. The predicted molar refractivity (Wildman–Crippen MR) is 308 cm³/mol. The van der Waals surface area contributed by atoms with E-state index < -0.39 is 103 Å². The minimum atomic E-state index is -3.92. The van der Waals surface area contributed by atoms with E-state index in [1.54, 1.807) is 0 Å². The Hall–Kier alpha value is -5.50. The SMILES string of the molecule is NC(N)=Nc1nc(CSCCC(N)=NS(N)(=O)=O)cs1.NC(N)=Nc1nc(CSCCC(N)=NS(N)(=O)=O)cs1.NC(N)=Nc1nc(CSCCC(N)=NS(N)(=O)=O)cs1.O=C([O-])CC(O)(CC(=O)[O-])C(=O)[O-].O=C([O-])CC(O)(CC(=O)[O-])C(=O)[O-].[Zn+2].[Zn+2].[Zn+2]. The van der Waals surface area contributed by atoms with Gasteiger partial charge in [-0.05, 0) is 0 Å². The molecular formula is C36H55N21O20S9Zn3. The number of nitrogens with two attached hydrogens (primary N) is 12. The summed E-state index contributed by atoms with van der Waals surface area (Å²) in [4.78, 5) is 84.1. The summed E-state index contributed by atoms with van der Waals surface area (Å²) in [5.41, 5.74) is 44.3. The number of aliphatic imine (C=N–C) groups is 3. The second-order valence-corrected chi connectivity index (χ2v) is 25.0. The Morgan fingerprint density at radius 3 is 0.798 bits per heavy atom. The largest absolute Gasteiger partial charge is 2.00 e. The number of carboxylic acids is 6. The summed E-state index contributed by atoms with van der Waals surface area (Å²) in [5.74, 6) is -8.42. The normalized spacial score (nSPS) is 11.5. The fourth-order valence-corrected chi connectivity index (χ4v) is 10.9. The smallest absolute Gasteiger partial charge is 0.550 e. The van der Waals surface area contributed by atoms with Gasteiger partial charge in [0.1, 0.15) is 28.7 Å². The zero-order valence-corrected chi connectivity index (χ0v) is 62.2. The van der Waals surface area contributed by atoms with Crippen LogP contribution in [0.25, 0.3) is 0 Å². The van der Waals surface area contributed by atoms with Crippen LogP contribution in [0.3, 0.4) is 0 Å². The molecule has 0 bridgehead atoms. The molecule has 53 heteroatoms. The Morgan fingerprint density at radius 2 is 0.640 bits per heavy atom. The fourth-order valence-electron chi connectivity index (χ4n) is 4.63. The van der Waals surface area contributed by atoms with Crippen LogP contribution in [0.4, 0.5) is 15.4 Å². The zero-order valence-electron chi connectivity index (χ0n) is 45.9. The first-order valence-electron chi connectivity index (χ1n) is 22.0. The van der Waals surface area contributed by atoms with Crippen LogP contribution in [-0.2, 0) is 135 Å². The summed E-state index contributed by atoms with van der Waals surface area (Å²) in [6.45, 7) is 0. The second-order valence-electron chi connectivity index (χ2n) is 15.5. The molecule has 3 aromatic heterocycles. The molecule has 0 amide bonds. The quantitative estimate of drug-likeness (QED) is 0.0123. The molecule has 0 aliphatic carbocycles. The molecule has 484 valence electrons. The topological polar surface area (TPSA) is 809 Å². The molecule has 3 heterocycles. The predicted octanol–water partition coefficient (Wildman–Crippen LogP) is -12.8. The molecule has 0 saturated heterocycles. The first-order valence-corrected chi connectivity index (χ1v) is 32.6. The number of thioether (sulfide) groups is 3. The Bertz CT molecular complexity index is 2960. The molecule has 0 unspecified atom stereocenters. The Kier molecular flexibility index (Phi) is 47.4. The number of thiazole rings is 3. The van der Waals surface area contributed by atoms with Crippen LogP contribution in [0.15, 0.2) is 44.3 Å². The van der Waals surface area contributed by atoms with Crippen molar-refractivity contribution in [3.8, 4) is 0 Å². The van der Waals surface area contributed by atoms with Crippen LogP contribution >= 0.6 is 69.3 Å². The molecule has 41 nitrogen and oxygen atoms in total. The molecule has 0 saturated carbocycles. The standard InChI is InChI=1S/3C8H15N7O2S3.2C6H8O7.3Zn/c3*9-6(15-20(12,16)17)1-2-18-3-5-4-19-8(13-5)14-7(10)11;2*7-3(8)1-6(13,5(11)12)2-4(9)10;;;/h3*4H,1-3H2,(H2,9,15)(H2,12,16,17)(H4,10,11,13,14);2*13H,1-2H2,(H,7,8)(H,9,10)(H,11,12);;;/q;;;;;3*+2/p-6. The average molecular weight is 1590 g/mol. The molecular weight excluding hydrogens is 1530 g/mol. The van der Waals surface area contributed by atoms with Gasteiger partial charge in [0.25, 0.3) is 0 Å². The zero-order chi connectivity index (χ0) is 66.8. The van der Waals surface area contributed by atoms with Crippen molar-refractivity contribution in [1.29, 1.82) is 0 Å². The van der Waals surface area contributed by atoms with Crippen molar-refractivity contribution in [2.75, 3.05) is 17.3 Å². The van der Waals surface area contributed by atoms with Gasteiger partial charge in [-0.1, -0.05) is 0 Å². The van der Waals surface area contributed by atoms with Crippen molar-refractivity contribution < 1.29 is 153 Å². The third-order valence-corrected chi connectivity index (χ3v) is 14.6. The minimum absolute atomic E-state index is 0. The van der Waals surface area contributed by atoms with Gasteiger partial charge in [0.2, 0.25) is 15.4 Å². The van der Waals surface area contributed by atoms with Crippen LogP contribution in [0.1, 0.15) is 62.0 Å². The molecule has 26 N–H and O–H groups in total. The molecule has 3 aromatic rings. The van der Waals surface area contributed by atoms with Crippen LogP contribution < -0.4 is 97.7 Å². The van der Waals surface area contributed by atoms with Gasteiger partial charge in [0, 0.05) is 119 Å². The number of amidine groups is 3. The Labute approximate surface area is 568 Å². The van der Waals surface area contributed by atoms with Gasteiger partial charge < -0.3 is 121 Å². The maximum absolute atomic E-state index is 10.6. The van der Waals surface area contributed by atoms with Crippen molar-refractivity contribution in [2.24, 2.45) is 95.2 Å². The monoisotopic (exact) mass is 1580 g/mol. The summed E-state index contributed by atoms with van der Waals surface area (Å²) < 4.78 is 73.4. The number of guanidine groups is 3. The van der Waals surface area contributed by atoms with Crippen molar-refractivity contribution in [3.63, 3.8) is 0 Å². The van der Waals surface area contributed by atoms with Gasteiger partial charge in [0.05, 0.1) is 29.0 Å². The van der Waals surface area contributed by atoms with Gasteiger partial charge in [-0.15, -0.1) is 47.2 Å². The maximum Gasteiger partial charge on any atom is 2.00 e. The molecule has 0 aromatic carbocycles. The number of hydrogen-bond donors (Lipinski definition) is 14. The van der Waals surface area contributed by atoms with Crippen molar-refractivity contribution in [2.45, 2.75) is 73.4 Å². The average Bonchev–Trinajstić information content (AvgIpc) is 4.08.